The summed E-state index contributed by atoms with van der Waals surface area (Å²) in [5.74, 6) is 0. The molecule has 4 rings (SSSR count). The third kappa shape index (κ3) is 2.59. The average Bonchev–Trinajstić information content (AvgIpc) is 3.19. The van der Waals surface area contributed by atoms with Crippen molar-refractivity contribution in [2.45, 2.75) is 18.5 Å². The molecule has 0 unspecified atom stereocenters. The van der Waals surface area contributed by atoms with Gasteiger partial charge in [0.05, 0.1) is 22.1 Å². The highest BCUT2D eigenvalue weighted by atomic mass is 35.5. The van der Waals surface area contributed by atoms with E-state index < -0.39 is 0 Å². The van der Waals surface area contributed by atoms with Crippen LogP contribution >= 0.6 is 45.9 Å². The molecule has 0 amide bonds. The van der Waals surface area contributed by atoms with Crippen LogP contribution in [0.1, 0.15) is 33.1 Å². The van der Waals surface area contributed by atoms with Crippen LogP contribution in [0.4, 0.5) is 0 Å². The molecule has 0 fully saturated rings. The Labute approximate surface area is 146 Å². The molecule has 1 aromatic carbocycles. The van der Waals surface area contributed by atoms with Gasteiger partial charge >= 0.3 is 0 Å². The lowest BCUT2D eigenvalue weighted by molar-refractivity contribution is 0.456. The fourth-order valence-electron chi connectivity index (χ4n) is 2.83. The summed E-state index contributed by atoms with van der Waals surface area (Å²) in [6.45, 7) is 0. The number of benzene rings is 1. The first kappa shape index (κ1) is 14.7. The number of nitrogens with one attached hydrogen (secondary N) is 1. The Kier molecular flexibility index (Phi) is 3.96. The smallest absolute Gasteiger partial charge is 0.110 e. The lowest BCUT2D eigenvalue weighted by Gasteiger charge is -2.30. The zero-order valence-corrected chi connectivity index (χ0v) is 14.6. The van der Waals surface area contributed by atoms with E-state index in [0.29, 0.717) is 10.0 Å². The summed E-state index contributed by atoms with van der Waals surface area (Å²) < 4.78 is 0. The van der Waals surface area contributed by atoms with E-state index >= 15 is 0 Å². The second-order valence-electron chi connectivity index (χ2n) is 5.21. The van der Waals surface area contributed by atoms with E-state index in [-0.39, 0.29) is 12.1 Å². The topological polar surface area (TPSA) is 24.9 Å². The maximum atomic E-state index is 6.20. The molecule has 2 atom stereocenters. The van der Waals surface area contributed by atoms with E-state index in [2.05, 4.69) is 21.7 Å². The lowest BCUT2D eigenvalue weighted by atomic mass is 9.93. The molecule has 3 heterocycles. The van der Waals surface area contributed by atoms with Gasteiger partial charge in [-0.15, -0.1) is 22.7 Å². The van der Waals surface area contributed by atoms with E-state index in [1.807, 2.05) is 29.8 Å². The highest BCUT2D eigenvalue weighted by Crippen LogP contribution is 2.40. The summed E-state index contributed by atoms with van der Waals surface area (Å²) in [5, 5.41) is 10.2. The molecule has 6 heteroatoms. The van der Waals surface area contributed by atoms with Crippen LogP contribution in [-0.4, -0.2) is 4.98 Å². The minimum absolute atomic E-state index is 0.132. The molecule has 0 spiro atoms. The molecule has 2 aromatic heterocycles. The van der Waals surface area contributed by atoms with Crippen LogP contribution in [0.15, 0.2) is 41.2 Å². The van der Waals surface area contributed by atoms with Gasteiger partial charge in [0.1, 0.15) is 5.01 Å². The second kappa shape index (κ2) is 5.95. The quantitative estimate of drug-likeness (QED) is 0.648. The van der Waals surface area contributed by atoms with E-state index in [0.717, 1.165) is 17.0 Å². The number of halogens is 2. The molecule has 1 aliphatic rings. The van der Waals surface area contributed by atoms with Crippen molar-refractivity contribution in [3.63, 3.8) is 0 Å². The number of hydrogen-bond donors (Lipinski definition) is 1. The van der Waals surface area contributed by atoms with Crippen molar-refractivity contribution in [1.29, 1.82) is 0 Å². The second-order valence-corrected chi connectivity index (χ2v) is 7.90. The van der Waals surface area contributed by atoms with Gasteiger partial charge < -0.3 is 0 Å². The van der Waals surface area contributed by atoms with Crippen molar-refractivity contribution in [3.8, 4) is 0 Å². The lowest BCUT2D eigenvalue weighted by Crippen LogP contribution is -2.33. The Balaban J connectivity index is 1.76. The molecule has 0 radical (unpaired) electrons. The monoisotopic (exact) mass is 366 g/mol. The number of aromatic nitrogens is 1. The maximum absolute atomic E-state index is 6.20. The van der Waals surface area contributed by atoms with Crippen molar-refractivity contribution >= 4 is 45.9 Å². The minimum Gasteiger partial charge on any atom is -0.296 e. The predicted molar refractivity (Wildman–Crippen MR) is 94.3 cm³/mol. The van der Waals surface area contributed by atoms with Gasteiger partial charge in [-0.05, 0) is 41.1 Å². The molecule has 22 heavy (non-hydrogen) atoms. The number of rotatable bonds is 2. The van der Waals surface area contributed by atoms with Gasteiger partial charge in [0.2, 0.25) is 0 Å². The van der Waals surface area contributed by atoms with Crippen molar-refractivity contribution in [3.05, 3.63) is 72.3 Å². The van der Waals surface area contributed by atoms with Gasteiger partial charge in [-0.3, -0.25) is 5.32 Å². The van der Waals surface area contributed by atoms with E-state index in [4.69, 9.17) is 23.2 Å². The van der Waals surface area contributed by atoms with Gasteiger partial charge in [-0.25, -0.2) is 4.98 Å². The summed E-state index contributed by atoms with van der Waals surface area (Å²) in [6, 6.07) is 8.44. The maximum Gasteiger partial charge on any atom is 0.110 e. The number of thiophene rings is 1. The minimum atomic E-state index is 0.132. The molecular formula is C16H12Cl2N2S2. The first-order valence-electron chi connectivity index (χ1n) is 6.89. The largest absolute Gasteiger partial charge is 0.296 e. The first-order valence-corrected chi connectivity index (χ1v) is 9.40. The standard InChI is InChI=1S/C16H12Cl2N2S2/c17-11-2-1-9(7-12(11)18)14-15-10(3-5-21-15)8-13(20-14)16-19-4-6-22-16/h1-7,13-14,20H,8H2/t13-,14-/m0/s1. The SMILES string of the molecule is Clc1ccc([C@@H]2N[C@H](c3nccs3)Cc3ccsc32)cc1Cl. The zero-order valence-electron chi connectivity index (χ0n) is 11.4. The third-order valence-corrected chi connectivity index (χ3v) is 6.51. The van der Waals surface area contributed by atoms with Crippen LogP contribution in [-0.2, 0) is 6.42 Å². The Morgan fingerprint density at radius 2 is 2.00 bits per heavy atom. The Morgan fingerprint density at radius 3 is 2.77 bits per heavy atom. The van der Waals surface area contributed by atoms with Gasteiger partial charge in [0.15, 0.2) is 0 Å². The Bertz CT molecular complexity index is 798. The number of fused-ring (bicyclic) bond motifs is 1. The first-order chi connectivity index (χ1) is 10.7. The van der Waals surface area contributed by atoms with Gasteiger partial charge in [-0.2, -0.15) is 0 Å². The summed E-state index contributed by atoms with van der Waals surface area (Å²) in [6.07, 6.45) is 2.84. The molecule has 2 nitrogen and oxygen atoms in total. The van der Waals surface area contributed by atoms with E-state index in [9.17, 15) is 0 Å². The highest BCUT2D eigenvalue weighted by Gasteiger charge is 2.30. The summed E-state index contributed by atoms with van der Waals surface area (Å²) in [5.41, 5.74) is 2.53. The van der Waals surface area contributed by atoms with Gasteiger partial charge in [0.25, 0.3) is 0 Å². The molecule has 0 aliphatic carbocycles. The molecular weight excluding hydrogens is 355 g/mol. The van der Waals surface area contributed by atoms with Crippen LogP contribution < -0.4 is 5.32 Å². The molecule has 3 aromatic rings. The molecule has 0 saturated heterocycles. The van der Waals surface area contributed by atoms with E-state index in [1.165, 1.54) is 10.4 Å². The highest BCUT2D eigenvalue weighted by molar-refractivity contribution is 7.10. The molecule has 1 aliphatic heterocycles. The summed E-state index contributed by atoms with van der Waals surface area (Å²) >= 11 is 15.7. The number of hydrogen-bond acceptors (Lipinski definition) is 4. The molecule has 1 N–H and O–H groups in total. The normalized spacial score (nSPS) is 20.8. The van der Waals surface area contributed by atoms with Crippen molar-refractivity contribution in [2.75, 3.05) is 0 Å². The molecule has 0 bridgehead atoms. The van der Waals surface area contributed by atoms with E-state index in [1.54, 1.807) is 22.7 Å². The molecule has 0 saturated carbocycles. The number of nitrogens with zero attached hydrogens (tertiary/aromatic N) is 1. The number of thiazole rings is 1. The predicted octanol–water partition coefficient (Wildman–Crippen LogP) is 5.49. The van der Waals surface area contributed by atoms with Crippen LogP contribution in [0.25, 0.3) is 0 Å². The van der Waals surface area contributed by atoms with Crippen LogP contribution in [0, 0.1) is 0 Å². The zero-order chi connectivity index (χ0) is 15.1. The van der Waals surface area contributed by atoms with Crippen molar-refractivity contribution < 1.29 is 0 Å². The van der Waals surface area contributed by atoms with Crippen LogP contribution in [0.5, 0.6) is 0 Å². The van der Waals surface area contributed by atoms with Crippen molar-refractivity contribution in [2.24, 2.45) is 0 Å². The summed E-state index contributed by atoms with van der Waals surface area (Å²) in [7, 11) is 0. The van der Waals surface area contributed by atoms with Gasteiger partial charge in [0, 0.05) is 16.5 Å². The summed E-state index contributed by atoms with van der Waals surface area (Å²) in [4.78, 5) is 5.82. The Morgan fingerprint density at radius 1 is 1.09 bits per heavy atom. The van der Waals surface area contributed by atoms with Crippen LogP contribution in [0.3, 0.4) is 0 Å². The fraction of sp³-hybridized carbons (Fsp3) is 0.188. The Hall–Kier alpha value is -0.910. The van der Waals surface area contributed by atoms with Crippen molar-refractivity contribution in [1.82, 2.24) is 10.3 Å². The van der Waals surface area contributed by atoms with Gasteiger partial charge in [-0.1, -0.05) is 29.3 Å². The molecule has 112 valence electrons. The fourth-order valence-corrected chi connectivity index (χ4v) is 4.86. The average molecular weight is 367 g/mol. The third-order valence-electron chi connectivity index (χ3n) is 3.86. The van der Waals surface area contributed by atoms with Crippen LogP contribution in [0.2, 0.25) is 10.0 Å².